The first-order valence-corrected chi connectivity index (χ1v) is 7.34. The van der Waals surface area contributed by atoms with Crippen molar-refractivity contribution in [1.82, 2.24) is 0 Å². The first kappa shape index (κ1) is 16.4. The van der Waals surface area contributed by atoms with E-state index >= 15 is 0 Å². The summed E-state index contributed by atoms with van der Waals surface area (Å²) >= 11 is 0. The standard InChI is InChI=1S/C16H30O/c1-2-3-4-5-6-7-8-9-10-11-12-13-14-15-16-17/h3-6,17H,2,7-16H2,1H3. The first-order chi connectivity index (χ1) is 8.41. The Morgan fingerprint density at radius 3 is 1.82 bits per heavy atom. The molecular weight excluding hydrogens is 208 g/mol. The van der Waals surface area contributed by atoms with E-state index < -0.39 is 0 Å². The Labute approximate surface area is 108 Å². The van der Waals surface area contributed by atoms with Crippen LogP contribution in [-0.4, -0.2) is 11.7 Å². The molecule has 17 heavy (non-hydrogen) atoms. The molecule has 0 heterocycles. The third-order valence-corrected chi connectivity index (χ3v) is 2.90. The van der Waals surface area contributed by atoms with Crippen molar-refractivity contribution in [3.63, 3.8) is 0 Å². The lowest BCUT2D eigenvalue weighted by molar-refractivity contribution is 0.282. The van der Waals surface area contributed by atoms with Gasteiger partial charge < -0.3 is 5.11 Å². The number of allylic oxidation sites excluding steroid dienone is 4. The van der Waals surface area contributed by atoms with Gasteiger partial charge in [0.2, 0.25) is 0 Å². The summed E-state index contributed by atoms with van der Waals surface area (Å²) in [5.41, 5.74) is 0. The number of unbranched alkanes of at least 4 members (excludes halogenated alkanes) is 8. The summed E-state index contributed by atoms with van der Waals surface area (Å²) in [5, 5.41) is 8.63. The lowest BCUT2D eigenvalue weighted by Crippen LogP contribution is -1.84. The lowest BCUT2D eigenvalue weighted by atomic mass is 10.1. The van der Waals surface area contributed by atoms with Crippen molar-refractivity contribution in [3.05, 3.63) is 24.3 Å². The second-order valence-electron chi connectivity index (χ2n) is 4.61. The molecular formula is C16H30O. The second-order valence-corrected chi connectivity index (χ2v) is 4.61. The monoisotopic (exact) mass is 238 g/mol. The van der Waals surface area contributed by atoms with Crippen LogP contribution in [0.25, 0.3) is 0 Å². The molecule has 0 spiro atoms. The lowest BCUT2D eigenvalue weighted by Gasteiger charge is -2.00. The summed E-state index contributed by atoms with van der Waals surface area (Å²) < 4.78 is 0. The van der Waals surface area contributed by atoms with Gasteiger partial charge in [-0.2, -0.15) is 0 Å². The zero-order valence-corrected chi connectivity index (χ0v) is 11.5. The molecule has 0 aliphatic rings. The first-order valence-electron chi connectivity index (χ1n) is 7.34. The van der Waals surface area contributed by atoms with Crippen molar-refractivity contribution in [3.8, 4) is 0 Å². The van der Waals surface area contributed by atoms with Gasteiger partial charge in [0.1, 0.15) is 0 Å². The van der Waals surface area contributed by atoms with Gasteiger partial charge in [-0.3, -0.25) is 0 Å². The average molecular weight is 238 g/mol. The molecule has 1 nitrogen and oxygen atoms in total. The maximum absolute atomic E-state index is 8.63. The Kier molecular flexibility index (Phi) is 14.9. The number of hydrogen-bond acceptors (Lipinski definition) is 1. The van der Waals surface area contributed by atoms with E-state index in [0.717, 1.165) is 12.8 Å². The van der Waals surface area contributed by atoms with Gasteiger partial charge >= 0.3 is 0 Å². The zero-order chi connectivity index (χ0) is 12.6. The van der Waals surface area contributed by atoms with Gasteiger partial charge in [0, 0.05) is 6.61 Å². The summed E-state index contributed by atoms with van der Waals surface area (Å²) in [7, 11) is 0. The van der Waals surface area contributed by atoms with Crippen molar-refractivity contribution in [2.75, 3.05) is 6.61 Å². The molecule has 0 aromatic rings. The highest BCUT2D eigenvalue weighted by molar-refractivity contribution is 5.01. The minimum atomic E-state index is 0.360. The topological polar surface area (TPSA) is 20.2 Å². The molecule has 0 bridgehead atoms. The van der Waals surface area contributed by atoms with Crippen LogP contribution >= 0.6 is 0 Å². The van der Waals surface area contributed by atoms with Gasteiger partial charge in [-0.1, -0.05) is 69.8 Å². The van der Waals surface area contributed by atoms with Crippen LogP contribution in [0.15, 0.2) is 24.3 Å². The highest BCUT2D eigenvalue weighted by Gasteiger charge is 1.91. The predicted molar refractivity (Wildman–Crippen MR) is 77.2 cm³/mol. The minimum Gasteiger partial charge on any atom is -0.396 e. The highest BCUT2D eigenvalue weighted by Crippen LogP contribution is 2.09. The molecule has 0 aromatic carbocycles. The molecule has 1 N–H and O–H groups in total. The predicted octanol–water partition coefficient (Wildman–Crippen LogP) is 5.01. The molecule has 0 aliphatic heterocycles. The molecule has 0 aliphatic carbocycles. The number of aliphatic hydroxyl groups excluding tert-OH is 1. The Morgan fingerprint density at radius 1 is 0.706 bits per heavy atom. The Balaban J connectivity index is 3.03. The van der Waals surface area contributed by atoms with Crippen LogP contribution in [0.1, 0.15) is 71.1 Å². The van der Waals surface area contributed by atoms with E-state index in [1.54, 1.807) is 0 Å². The fourth-order valence-electron chi connectivity index (χ4n) is 1.82. The zero-order valence-electron chi connectivity index (χ0n) is 11.5. The maximum Gasteiger partial charge on any atom is 0.0431 e. The molecule has 0 rings (SSSR count). The van der Waals surface area contributed by atoms with E-state index in [1.165, 1.54) is 51.4 Å². The smallest absolute Gasteiger partial charge is 0.0431 e. The number of rotatable bonds is 12. The van der Waals surface area contributed by atoms with Crippen molar-refractivity contribution in [2.24, 2.45) is 0 Å². The highest BCUT2D eigenvalue weighted by atomic mass is 16.2. The van der Waals surface area contributed by atoms with E-state index in [1.807, 2.05) is 0 Å². The van der Waals surface area contributed by atoms with Crippen LogP contribution in [0, 0.1) is 0 Å². The molecule has 0 saturated heterocycles. The Morgan fingerprint density at radius 2 is 1.24 bits per heavy atom. The second kappa shape index (κ2) is 15.4. The van der Waals surface area contributed by atoms with Gasteiger partial charge in [-0.05, 0) is 25.7 Å². The van der Waals surface area contributed by atoms with E-state index in [9.17, 15) is 0 Å². The molecule has 100 valence electrons. The normalized spacial score (nSPS) is 11.9. The van der Waals surface area contributed by atoms with Crippen LogP contribution < -0.4 is 0 Å². The van der Waals surface area contributed by atoms with E-state index in [0.29, 0.717) is 6.61 Å². The van der Waals surface area contributed by atoms with Crippen LogP contribution in [0.3, 0.4) is 0 Å². The van der Waals surface area contributed by atoms with Crippen LogP contribution in [-0.2, 0) is 0 Å². The molecule has 0 atom stereocenters. The molecule has 0 amide bonds. The fraction of sp³-hybridized carbons (Fsp3) is 0.750. The molecule has 0 aromatic heterocycles. The quantitative estimate of drug-likeness (QED) is 0.374. The van der Waals surface area contributed by atoms with Crippen molar-refractivity contribution < 1.29 is 5.11 Å². The summed E-state index contributed by atoms with van der Waals surface area (Å²) in [6, 6.07) is 0. The van der Waals surface area contributed by atoms with E-state index in [2.05, 4.69) is 31.2 Å². The van der Waals surface area contributed by atoms with Gasteiger partial charge in [-0.15, -0.1) is 0 Å². The largest absolute Gasteiger partial charge is 0.396 e. The van der Waals surface area contributed by atoms with Crippen LogP contribution in [0.5, 0.6) is 0 Å². The Hall–Kier alpha value is -0.560. The minimum absolute atomic E-state index is 0.360. The van der Waals surface area contributed by atoms with Crippen molar-refractivity contribution in [2.45, 2.75) is 71.1 Å². The third-order valence-electron chi connectivity index (χ3n) is 2.90. The SMILES string of the molecule is CCC=CC=CCCCCCCCCCCO. The van der Waals surface area contributed by atoms with Gasteiger partial charge in [0.05, 0.1) is 0 Å². The molecule has 0 unspecified atom stereocenters. The molecule has 1 heteroatoms. The summed E-state index contributed by atoms with van der Waals surface area (Å²) in [6.45, 7) is 2.52. The fourth-order valence-corrected chi connectivity index (χ4v) is 1.82. The van der Waals surface area contributed by atoms with Gasteiger partial charge in [0.25, 0.3) is 0 Å². The molecule has 0 fully saturated rings. The van der Waals surface area contributed by atoms with Crippen molar-refractivity contribution in [1.29, 1.82) is 0 Å². The summed E-state index contributed by atoms with van der Waals surface area (Å²) in [4.78, 5) is 0. The third kappa shape index (κ3) is 15.4. The summed E-state index contributed by atoms with van der Waals surface area (Å²) in [6.07, 6.45) is 21.4. The molecule has 0 radical (unpaired) electrons. The van der Waals surface area contributed by atoms with Crippen LogP contribution in [0.4, 0.5) is 0 Å². The van der Waals surface area contributed by atoms with E-state index in [4.69, 9.17) is 5.11 Å². The average Bonchev–Trinajstić information content (AvgIpc) is 2.35. The van der Waals surface area contributed by atoms with Gasteiger partial charge in [0.15, 0.2) is 0 Å². The summed E-state index contributed by atoms with van der Waals surface area (Å²) in [5.74, 6) is 0. The van der Waals surface area contributed by atoms with Gasteiger partial charge in [-0.25, -0.2) is 0 Å². The Bertz CT molecular complexity index is 182. The van der Waals surface area contributed by atoms with E-state index in [-0.39, 0.29) is 0 Å². The van der Waals surface area contributed by atoms with Crippen molar-refractivity contribution >= 4 is 0 Å². The number of hydrogen-bond donors (Lipinski definition) is 1. The molecule has 0 saturated carbocycles. The maximum atomic E-state index is 8.63. The number of aliphatic hydroxyl groups is 1. The van der Waals surface area contributed by atoms with Crippen LogP contribution in [0.2, 0.25) is 0 Å².